The number of amides is 1. The van der Waals surface area contributed by atoms with Gasteiger partial charge in [-0.3, -0.25) is 4.79 Å². The van der Waals surface area contributed by atoms with Crippen molar-refractivity contribution in [3.8, 4) is 11.5 Å². The molecule has 3 rings (SSSR count). The fourth-order valence-electron chi connectivity index (χ4n) is 3.02. The summed E-state index contributed by atoms with van der Waals surface area (Å²) >= 11 is 6.12. The number of benzene rings is 1. The second-order valence-corrected chi connectivity index (χ2v) is 6.32. The van der Waals surface area contributed by atoms with Crippen LogP contribution in [-0.4, -0.2) is 36.2 Å². The molecule has 1 amide bonds. The van der Waals surface area contributed by atoms with E-state index >= 15 is 0 Å². The summed E-state index contributed by atoms with van der Waals surface area (Å²) < 4.78 is 15.9. The number of hydrogen-bond acceptors (Lipinski definition) is 5. The smallest absolute Gasteiger partial charge is 0.329 e. The topological polar surface area (TPSA) is 65.1 Å². The minimum atomic E-state index is -0.478. The first-order chi connectivity index (χ1) is 11.6. The average molecular weight is 354 g/mol. The van der Waals surface area contributed by atoms with Gasteiger partial charge in [0.1, 0.15) is 12.6 Å². The average Bonchev–Trinajstić information content (AvgIpc) is 3.22. The zero-order valence-electron chi connectivity index (χ0n) is 13.5. The van der Waals surface area contributed by atoms with Crippen molar-refractivity contribution in [2.24, 2.45) is 0 Å². The minimum Gasteiger partial charge on any atom is -0.459 e. The Labute approximate surface area is 145 Å². The predicted octanol–water partition coefficient (Wildman–Crippen LogP) is 2.90. The molecule has 1 atom stereocenters. The van der Waals surface area contributed by atoms with Gasteiger partial charge in [-0.05, 0) is 37.0 Å². The Morgan fingerprint density at radius 3 is 3.00 bits per heavy atom. The van der Waals surface area contributed by atoms with Gasteiger partial charge >= 0.3 is 5.97 Å². The van der Waals surface area contributed by atoms with Crippen molar-refractivity contribution in [3.63, 3.8) is 0 Å². The summed E-state index contributed by atoms with van der Waals surface area (Å²) in [5.41, 5.74) is 0.724. The summed E-state index contributed by atoms with van der Waals surface area (Å²) in [7, 11) is 0. The van der Waals surface area contributed by atoms with Gasteiger partial charge in [-0.25, -0.2) is 4.79 Å². The van der Waals surface area contributed by atoms with E-state index in [-0.39, 0.29) is 25.3 Å². The van der Waals surface area contributed by atoms with E-state index in [1.165, 1.54) is 0 Å². The van der Waals surface area contributed by atoms with Gasteiger partial charge in [-0.15, -0.1) is 0 Å². The van der Waals surface area contributed by atoms with E-state index in [1.807, 2.05) is 6.92 Å². The van der Waals surface area contributed by atoms with Crippen LogP contribution < -0.4 is 9.47 Å². The number of nitrogens with zero attached hydrogens (tertiary/aromatic N) is 1. The van der Waals surface area contributed by atoms with Crippen LogP contribution in [0, 0.1) is 0 Å². The number of fused-ring (bicyclic) bond motifs is 1. The van der Waals surface area contributed by atoms with E-state index in [2.05, 4.69) is 0 Å². The van der Waals surface area contributed by atoms with Crippen LogP contribution in [0.5, 0.6) is 11.5 Å². The van der Waals surface area contributed by atoms with E-state index in [4.69, 9.17) is 25.8 Å². The van der Waals surface area contributed by atoms with Crippen molar-refractivity contribution in [2.75, 3.05) is 13.3 Å². The number of likely N-dealkylation sites (tertiary alicyclic amines) is 1. The first-order valence-electron chi connectivity index (χ1n) is 8.14. The van der Waals surface area contributed by atoms with E-state index in [0.717, 1.165) is 18.4 Å². The van der Waals surface area contributed by atoms with Gasteiger partial charge in [0, 0.05) is 13.0 Å². The van der Waals surface area contributed by atoms with Crippen LogP contribution in [0.15, 0.2) is 12.1 Å². The number of rotatable bonds is 5. The van der Waals surface area contributed by atoms with Gasteiger partial charge in [0.25, 0.3) is 0 Å². The van der Waals surface area contributed by atoms with Gasteiger partial charge in [0.2, 0.25) is 12.7 Å². The van der Waals surface area contributed by atoms with E-state index in [0.29, 0.717) is 35.9 Å². The lowest BCUT2D eigenvalue weighted by Crippen LogP contribution is -2.41. The number of ether oxygens (including phenoxy) is 3. The predicted molar refractivity (Wildman–Crippen MR) is 87.0 cm³/mol. The first-order valence-corrected chi connectivity index (χ1v) is 8.52. The van der Waals surface area contributed by atoms with E-state index < -0.39 is 6.04 Å². The Morgan fingerprint density at radius 1 is 1.38 bits per heavy atom. The molecule has 0 saturated carbocycles. The molecule has 1 aromatic carbocycles. The summed E-state index contributed by atoms with van der Waals surface area (Å²) in [6, 6.07) is 2.96. The fourth-order valence-corrected chi connectivity index (χ4v) is 3.31. The molecule has 0 radical (unpaired) electrons. The minimum absolute atomic E-state index is 0.0167. The Balaban J connectivity index is 1.61. The highest BCUT2D eigenvalue weighted by atomic mass is 35.5. The van der Waals surface area contributed by atoms with Crippen molar-refractivity contribution in [2.45, 2.75) is 45.3 Å². The summed E-state index contributed by atoms with van der Waals surface area (Å²) in [5.74, 6) is 0.710. The van der Waals surface area contributed by atoms with Crippen LogP contribution in [0.4, 0.5) is 0 Å². The third-order valence-corrected chi connectivity index (χ3v) is 4.46. The summed E-state index contributed by atoms with van der Waals surface area (Å²) in [6.07, 6.45) is 2.70. The summed E-state index contributed by atoms with van der Waals surface area (Å²) in [6.45, 7) is 2.79. The molecule has 130 valence electrons. The van der Waals surface area contributed by atoms with Crippen molar-refractivity contribution in [1.82, 2.24) is 4.90 Å². The van der Waals surface area contributed by atoms with Gasteiger partial charge < -0.3 is 19.1 Å². The molecule has 24 heavy (non-hydrogen) atoms. The molecule has 6 nitrogen and oxygen atoms in total. The quantitative estimate of drug-likeness (QED) is 0.761. The molecule has 0 bridgehead atoms. The van der Waals surface area contributed by atoms with Crippen molar-refractivity contribution in [1.29, 1.82) is 0 Å². The Hall–Kier alpha value is -1.95. The standard InChI is InChI=1S/C17H20ClNO5/c1-2-4-15(20)19-6-3-5-13(19)17(21)22-9-11-7-12(18)16-14(8-11)23-10-24-16/h7-8,13H,2-6,9-10H2,1H3. The Bertz CT molecular complexity index is 648. The van der Waals surface area contributed by atoms with Crippen molar-refractivity contribution < 1.29 is 23.8 Å². The van der Waals surface area contributed by atoms with E-state index in [9.17, 15) is 9.59 Å². The lowest BCUT2D eigenvalue weighted by molar-refractivity contribution is -0.154. The zero-order valence-corrected chi connectivity index (χ0v) is 14.3. The van der Waals surface area contributed by atoms with Gasteiger partial charge in [0.05, 0.1) is 5.02 Å². The van der Waals surface area contributed by atoms with Crippen LogP contribution in [0.25, 0.3) is 0 Å². The number of carbonyl (C=O) groups excluding carboxylic acids is 2. The highest BCUT2D eigenvalue weighted by Crippen LogP contribution is 2.40. The lowest BCUT2D eigenvalue weighted by Gasteiger charge is -2.23. The van der Waals surface area contributed by atoms with Crippen LogP contribution in [0.1, 0.15) is 38.2 Å². The van der Waals surface area contributed by atoms with Crippen LogP contribution in [-0.2, 0) is 20.9 Å². The van der Waals surface area contributed by atoms with Gasteiger partial charge in [0.15, 0.2) is 11.5 Å². The number of hydrogen-bond donors (Lipinski definition) is 0. The second kappa shape index (κ2) is 7.30. The van der Waals surface area contributed by atoms with Crippen LogP contribution in [0.2, 0.25) is 5.02 Å². The first kappa shape index (κ1) is 16.9. The summed E-state index contributed by atoms with van der Waals surface area (Å²) in [5, 5.41) is 0.427. The Morgan fingerprint density at radius 2 is 2.21 bits per heavy atom. The largest absolute Gasteiger partial charge is 0.459 e. The van der Waals surface area contributed by atoms with Crippen molar-refractivity contribution in [3.05, 3.63) is 22.7 Å². The van der Waals surface area contributed by atoms with Crippen LogP contribution in [0.3, 0.4) is 0 Å². The molecule has 2 aliphatic heterocycles. The molecular formula is C17H20ClNO5. The molecule has 0 aliphatic carbocycles. The highest BCUT2D eigenvalue weighted by molar-refractivity contribution is 6.32. The SMILES string of the molecule is CCCC(=O)N1CCCC1C(=O)OCc1cc(Cl)c2c(c1)OCO2. The maximum Gasteiger partial charge on any atom is 0.329 e. The molecule has 0 aromatic heterocycles. The molecular weight excluding hydrogens is 334 g/mol. The maximum atomic E-state index is 12.4. The third kappa shape index (κ3) is 3.43. The molecule has 1 fully saturated rings. The van der Waals surface area contributed by atoms with Crippen LogP contribution >= 0.6 is 11.6 Å². The zero-order chi connectivity index (χ0) is 17.1. The molecule has 1 saturated heterocycles. The highest BCUT2D eigenvalue weighted by Gasteiger charge is 2.34. The molecule has 1 aromatic rings. The normalized spacial score (nSPS) is 18.8. The number of carbonyl (C=O) groups is 2. The molecule has 0 spiro atoms. The molecule has 2 heterocycles. The Kier molecular flexibility index (Phi) is 5.14. The van der Waals surface area contributed by atoms with Gasteiger partial charge in [-0.2, -0.15) is 0 Å². The van der Waals surface area contributed by atoms with Crippen molar-refractivity contribution >= 4 is 23.5 Å². The lowest BCUT2D eigenvalue weighted by atomic mass is 10.2. The molecule has 1 unspecified atom stereocenters. The van der Waals surface area contributed by atoms with E-state index in [1.54, 1.807) is 17.0 Å². The van der Waals surface area contributed by atoms with Gasteiger partial charge in [-0.1, -0.05) is 18.5 Å². The summed E-state index contributed by atoms with van der Waals surface area (Å²) in [4.78, 5) is 26.1. The number of esters is 1. The second-order valence-electron chi connectivity index (χ2n) is 5.91. The third-order valence-electron chi connectivity index (χ3n) is 4.18. The molecule has 7 heteroatoms. The maximum absolute atomic E-state index is 12.4. The monoisotopic (exact) mass is 353 g/mol. The fraction of sp³-hybridized carbons (Fsp3) is 0.529. The molecule has 2 aliphatic rings. The molecule has 0 N–H and O–H groups in total. The number of halogens is 1.